The molecule has 4 heterocycles. The molecule has 1 N–H and O–H groups in total. The van der Waals surface area contributed by atoms with Gasteiger partial charge in [-0.05, 0) is 0 Å². The van der Waals surface area contributed by atoms with E-state index in [9.17, 15) is 0 Å². The normalized spacial score (nSPS) is 20.5. The maximum absolute atomic E-state index is 5.40. The molecule has 9 heteroatoms. The number of hydrogen-bond donors (Lipinski definition) is 1. The maximum atomic E-state index is 5.40. The average molecular weight is 333 g/mol. The van der Waals surface area contributed by atoms with Crippen molar-refractivity contribution in [2.45, 2.75) is 6.67 Å². The van der Waals surface area contributed by atoms with E-state index in [4.69, 9.17) is 9.47 Å². The molecule has 0 aliphatic carbocycles. The van der Waals surface area contributed by atoms with Gasteiger partial charge in [-0.2, -0.15) is 0 Å². The molecule has 0 atom stereocenters. The quantitative estimate of drug-likeness (QED) is 0.807. The van der Waals surface area contributed by atoms with Gasteiger partial charge in [0.2, 0.25) is 0 Å². The highest BCUT2D eigenvalue weighted by molar-refractivity contribution is 5.82. The average Bonchev–Trinajstić information content (AvgIpc) is 3.05. The zero-order chi connectivity index (χ0) is 16.2. The van der Waals surface area contributed by atoms with Gasteiger partial charge >= 0.3 is 0 Å². The number of ether oxygens (including phenoxy) is 2. The summed E-state index contributed by atoms with van der Waals surface area (Å²) in [6.07, 6.45) is 3.44. The zero-order valence-electron chi connectivity index (χ0n) is 13.7. The topological polar surface area (TPSA) is 80.6 Å². The Morgan fingerprint density at radius 1 is 0.917 bits per heavy atom. The first kappa shape index (κ1) is 15.7. The fourth-order valence-corrected chi connectivity index (χ4v) is 3.02. The van der Waals surface area contributed by atoms with E-state index in [1.165, 1.54) is 0 Å². The molecule has 130 valence electrons. The Morgan fingerprint density at radius 2 is 1.62 bits per heavy atom. The highest BCUT2D eigenvalue weighted by Gasteiger charge is 2.16. The number of nitrogens with one attached hydrogen (secondary N) is 1. The van der Waals surface area contributed by atoms with E-state index in [1.807, 2.05) is 6.33 Å². The van der Waals surface area contributed by atoms with Gasteiger partial charge in [0.25, 0.3) is 0 Å². The summed E-state index contributed by atoms with van der Waals surface area (Å²) in [7, 11) is 0. The van der Waals surface area contributed by atoms with Crippen LogP contribution in [-0.4, -0.2) is 88.6 Å². The van der Waals surface area contributed by atoms with E-state index < -0.39 is 0 Å². The second kappa shape index (κ2) is 7.39. The van der Waals surface area contributed by atoms with Gasteiger partial charge in [0.1, 0.15) is 11.8 Å². The van der Waals surface area contributed by atoms with E-state index in [0.717, 1.165) is 82.9 Å². The SMILES string of the molecule is c1nc(NCN2CCOCC2)c2ncn(CN3CCOCC3)c2n1. The van der Waals surface area contributed by atoms with E-state index in [2.05, 4.69) is 34.6 Å². The van der Waals surface area contributed by atoms with Gasteiger partial charge in [-0.15, -0.1) is 0 Å². The molecule has 0 aromatic carbocycles. The summed E-state index contributed by atoms with van der Waals surface area (Å²) in [6.45, 7) is 8.41. The summed E-state index contributed by atoms with van der Waals surface area (Å²) in [5, 5.41) is 3.38. The molecular formula is C15H23N7O2. The summed E-state index contributed by atoms with van der Waals surface area (Å²) in [4.78, 5) is 18.0. The first-order valence-electron chi connectivity index (χ1n) is 8.40. The van der Waals surface area contributed by atoms with Crippen LogP contribution in [0.15, 0.2) is 12.7 Å². The van der Waals surface area contributed by atoms with Crippen LogP contribution in [-0.2, 0) is 16.1 Å². The van der Waals surface area contributed by atoms with Crippen molar-refractivity contribution in [1.29, 1.82) is 0 Å². The minimum atomic E-state index is 0.742. The number of rotatable bonds is 5. The number of aromatic nitrogens is 4. The van der Waals surface area contributed by atoms with Crippen LogP contribution in [0.4, 0.5) is 5.82 Å². The highest BCUT2D eigenvalue weighted by atomic mass is 16.5. The highest BCUT2D eigenvalue weighted by Crippen LogP contribution is 2.18. The van der Waals surface area contributed by atoms with Gasteiger partial charge < -0.3 is 19.4 Å². The van der Waals surface area contributed by atoms with Crippen molar-refractivity contribution in [2.24, 2.45) is 0 Å². The Hall–Kier alpha value is -1.81. The predicted molar refractivity (Wildman–Crippen MR) is 88.6 cm³/mol. The Labute approximate surface area is 140 Å². The second-order valence-corrected chi connectivity index (χ2v) is 6.05. The Kier molecular flexibility index (Phi) is 4.83. The van der Waals surface area contributed by atoms with Gasteiger partial charge in [0, 0.05) is 26.2 Å². The third-order valence-electron chi connectivity index (χ3n) is 4.43. The van der Waals surface area contributed by atoms with Crippen LogP contribution in [0.2, 0.25) is 0 Å². The molecule has 9 nitrogen and oxygen atoms in total. The number of anilines is 1. The monoisotopic (exact) mass is 333 g/mol. The lowest BCUT2D eigenvalue weighted by molar-refractivity contribution is 0.0240. The first-order chi connectivity index (χ1) is 11.9. The van der Waals surface area contributed by atoms with E-state index in [0.29, 0.717) is 0 Å². The number of fused-ring (bicyclic) bond motifs is 1. The molecular weight excluding hydrogens is 310 g/mol. The number of hydrogen-bond acceptors (Lipinski definition) is 8. The second-order valence-electron chi connectivity index (χ2n) is 6.05. The summed E-state index contributed by atoms with van der Waals surface area (Å²) in [5.74, 6) is 0.784. The van der Waals surface area contributed by atoms with Crippen molar-refractivity contribution in [3.63, 3.8) is 0 Å². The van der Waals surface area contributed by atoms with Crippen LogP contribution in [0.3, 0.4) is 0 Å². The van der Waals surface area contributed by atoms with Crippen molar-refractivity contribution in [2.75, 3.05) is 64.6 Å². The van der Waals surface area contributed by atoms with Gasteiger partial charge in [0.05, 0.1) is 46.1 Å². The van der Waals surface area contributed by atoms with Gasteiger partial charge in [-0.1, -0.05) is 0 Å². The lowest BCUT2D eigenvalue weighted by atomic mass is 10.4. The van der Waals surface area contributed by atoms with Crippen LogP contribution >= 0.6 is 0 Å². The van der Waals surface area contributed by atoms with Crippen LogP contribution in [0, 0.1) is 0 Å². The Morgan fingerprint density at radius 3 is 2.38 bits per heavy atom. The fraction of sp³-hybridized carbons (Fsp3) is 0.667. The molecule has 2 fully saturated rings. The lowest BCUT2D eigenvalue weighted by Crippen LogP contribution is -2.39. The van der Waals surface area contributed by atoms with Crippen LogP contribution < -0.4 is 5.32 Å². The fourth-order valence-electron chi connectivity index (χ4n) is 3.02. The molecule has 0 unspecified atom stereocenters. The minimum Gasteiger partial charge on any atom is -0.379 e. The van der Waals surface area contributed by atoms with Crippen molar-refractivity contribution in [1.82, 2.24) is 29.3 Å². The third-order valence-corrected chi connectivity index (χ3v) is 4.43. The van der Waals surface area contributed by atoms with Crippen molar-refractivity contribution < 1.29 is 9.47 Å². The largest absolute Gasteiger partial charge is 0.379 e. The molecule has 2 aliphatic heterocycles. The molecule has 0 spiro atoms. The van der Waals surface area contributed by atoms with E-state index in [-0.39, 0.29) is 0 Å². The summed E-state index contributed by atoms with van der Waals surface area (Å²) in [6, 6.07) is 0. The van der Waals surface area contributed by atoms with E-state index in [1.54, 1.807) is 6.33 Å². The van der Waals surface area contributed by atoms with Crippen molar-refractivity contribution >= 4 is 17.0 Å². The molecule has 4 rings (SSSR count). The van der Waals surface area contributed by atoms with Gasteiger partial charge in [-0.25, -0.2) is 15.0 Å². The minimum absolute atomic E-state index is 0.742. The summed E-state index contributed by atoms with van der Waals surface area (Å²) >= 11 is 0. The maximum Gasteiger partial charge on any atom is 0.166 e. The standard InChI is InChI=1S/C15H23N7O2/c1-5-23-6-2-20(1)10-19-14-13-15(17-9-16-14)22(11-18-13)12-21-3-7-24-8-4-21/h9,11H,1-8,10,12H2,(H,16,17,19). The summed E-state index contributed by atoms with van der Waals surface area (Å²) < 4.78 is 12.8. The van der Waals surface area contributed by atoms with Crippen LogP contribution in [0.5, 0.6) is 0 Å². The molecule has 2 saturated heterocycles. The lowest BCUT2D eigenvalue weighted by Gasteiger charge is -2.27. The number of morpholine rings is 2. The molecule has 2 aliphatic rings. The molecule has 2 aromatic rings. The predicted octanol–water partition coefficient (Wildman–Crippen LogP) is -0.182. The van der Waals surface area contributed by atoms with Crippen molar-refractivity contribution in [3.05, 3.63) is 12.7 Å². The third kappa shape index (κ3) is 3.48. The number of nitrogens with zero attached hydrogens (tertiary/aromatic N) is 6. The zero-order valence-corrected chi connectivity index (χ0v) is 13.7. The first-order valence-corrected chi connectivity index (χ1v) is 8.40. The summed E-state index contributed by atoms with van der Waals surface area (Å²) in [5.41, 5.74) is 1.68. The van der Waals surface area contributed by atoms with Crippen molar-refractivity contribution in [3.8, 4) is 0 Å². The van der Waals surface area contributed by atoms with Gasteiger partial charge in [-0.3, -0.25) is 9.80 Å². The molecule has 0 radical (unpaired) electrons. The van der Waals surface area contributed by atoms with Crippen LogP contribution in [0.25, 0.3) is 11.2 Å². The smallest absolute Gasteiger partial charge is 0.166 e. The number of imidazole rings is 1. The molecule has 2 aromatic heterocycles. The Balaban J connectivity index is 1.46. The molecule has 0 amide bonds. The molecule has 0 saturated carbocycles. The van der Waals surface area contributed by atoms with Crippen LogP contribution in [0.1, 0.15) is 0 Å². The van der Waals surface area contributed by atoms with Gasteiger partial charge in [0.15, 0.2) is 11.5 Å². The Bertz CT molecular complexity index is 665. The molecule has 24 heavy (non-hydrogen) atoms. The molecule has 0 bridgehead atoms. The van der Waals surface area contributed by atoms with E-state index >= 15 is 0 Å².